The second kappa shape index (κ2) is 13.9. The van der Waals surface area contributed by atoms with E-state index in [4.69, 9.17) is 21.1 Å². The van der Waals surface area contributed by atoms with Gasteiger partial charge < -0.3 is 37.0 Å². The molecule has 0 aromatic heterocycles. The van der Waals surface area contributed by atoms with Gasteiger partial charge in [-0.15, -0.1) is 0 Å². The Bertz CT molecular complexity index is 681. The molecule has 13 heteroatoms. The van der Waals surface area contributed by atoms with Crippen LogP contribution >= 0.6 is 0 Å². The molecule has 3 atom stereocenters. The number of rotatable bonds is 15. The van der Waals surface area contributed by atoms with Crippen LogP contribution in [0.15, 0.2) is 0 Å². The molecule has 0 rings (SSSR count). The van der Waals surface area contributed by atoms with E-state index in [9.17, 15) is 28.8 Å². The first-order chi connectivity index (χ1) is 14.3. The van der Waals surface area contributed by atoms with Crippen LogP contribution in [0.5, 0.6) is 0 Å². The summed E-state index contributed by atoms with van der Waals surface area (Å²) in [5.41, 5.74) is 5.78. The lowest BCUT2D eigenvalue weighted by Gasteiger charge is -2.24. The van der Waals surface area contributed by atoms with Crippen molar-refractivity contribution in [2.45, 2.75) is 64.1 Å². The first-order valence-electron chi connectivity index (χ1n) is 9.62. The molecule has 13 nitrogen and oxygen atoms in total. The van der Waals surface area contributed by atoms with Crippen LogP contribution in [0.4, 0.5) is 0 Å². The fraction of sp³-hybridized carbons (Fsp3) is 0.667. The summed E-state index contributed by atoms with van der Waals surface area (Å²) in [5, 5.41) is 33.0. The number of aliphatic carboxylic acids is 3. The largest absolute Gasteiger partial charge is 0.481 e. The van der Waals surface area contributed by atoms with E-state index in [2.05, 4.69) is 10.6 Å². The van der Waals surface area contributed by atoms with Gasteiger partial charge in [0.25, 0.3) is 0 Å². The molecular weight excluding hydrogens is 416 g/mol. The summed E-state index contributed by atoms with van der Waals surface area (Å²) in [4.78, 5) is 69.4. The van der Waals surface area contributed by atoms with Crippen molar-refractivity contribution in [3.63, 3.8) is 0 Å². The van der Waals surface area contributed by atoms with Crippen LogP contribution in [0.25, 0.3) is 0 Å². The first-order valence-corrected chi connectivity index (χ1v) is 9.62. The lowest BCUT2D eigenvalue weighted by Crippen LogP contribution is -2.56. The minimum Gasteiger partial charge on any atom is -0.481 e. The zero-order valence-corrected chi connectivity index (χ0v) is 17.4. The second-order valence-electron chi connectivity index (χ2n) is 7.33. The van der Waals surface area contributed by atoms with Crippen molar-refractivity contribution in [1.82, 2.24) is 16.0 Å². The number of carboxylic acids is 3. The predicted molar refractivity (Wildman–Crippen MR) is 106 cm³/mol. The monoisotopic (exact) mass is 446 g/mol. The van der Waals surface area contributed by atoms with Crippen molar-refractivity contribution in [3.05, 3.63) is 0 Å². The fourth-order valence-electron chi connectivity index (χ4n) is 2.53. The molecule has 0 aliphatic heterocycles. The highest BCUT2D eigenvalue weighted by Crippen LogP contribution is 2.06. The maximum Gasteiger partial charge on any atom is 0.322 e. The van der Waals surface area contributed by atoms with Crippen LogP contribution in [-0.2, 0) is 28.8 Å². The molecule has 0 saturated carbocycles. The number of hydrogen-bond donors (Lipinski definition) is 7. The van der Waals surface area contributed by atoms with E-state index in [-0.39, 0.29) is 18.8 Å². The van der Waals surface area contributed by atoms with Gasteiger partial charge in [-0.05, 0) is 25.2 Å². The minimum atomic E-state index is -1.41. The SMILES string of the molecule is CC(C)CC(N)C(=O)NC(CCC(=O)O)C(=O)NC(CCC(=O)O)C(=O)NCC(=O)O. The van der Waals surface area contributed by atoms with Gasteiger partial charge in [-0.3, -0.25) is 28.8 Å². The van der Waals surface area contributed by atoms with E-state index >= 15 is 0 Å². The molecule has 0 spiro atoms. The van der Waals surface area contributed by atoms with Crippen molar-refractivity contribution >= 4 is 35.6 Å². The molecule has 0 fully saturated rings. The van der Waals surface area contributed by atoms with Gasteiger partial charge in [-0.25, -0.2) is 0 Å². The molecular formula is C18H30N4O9. The number of carbonyl (C=O) groups is 6. The summed E-state index contributed by atoms with van der Waals surface area (Å²) in [7, 11) is 0. The van der Waals surface area contributed by atoms with E-state index in [0.717, 1.165) is 0 Å². The summed E-state index contributed by atoms with van der Waals surface area (Å²) in [6.07, 6.45) is -1.31. The average molecular weight is 446 g/mol. The maximum atomic E-state index is 12.6. The molecule has 0 aromatic carbocycles. The van der Waals surface area contributed by atoms with Gasteiger partial charge in [-0.1, -0.05) is 13.8 Å². The van der Waals surface area contributed by atoms with E-state index in [0.29, 0.717) is 6.42 Å². The minimum absolute atomic E-state index is 0.0883. The van der Waals surface area contributed by atoms with Gasteiger partial charge in [-0.2, -0.15) is 0 Å². The van der Waals surface area contributed by atoms with Crippen LogP contribution in [0.2, 0.25) is 0 Å². The predicted octanol–water partition coefficient (Wildman–Crippen LogP) is -1.74. The van der Waals surface area contributed by atoms with Crippen molar-refractivity contribution in [3.8, 4) is 0 Å². The number of nitrogens with two attached hydrogens (primary N) is 1. The molecule has 8 N–H and O–H groups in total. The Morgan fingerprint density at radius 3 is 1.61 bits per heavy atom. The van der Waals surface area contributed by atoms with Crippen LogP contribution < -0.4 is 21.7 Å². The smallest absolute Gasteiger partial charge is 0.322 e. The number of carbonyl (C=O) groups excluding carboxylic acids is 3. The Morgan fingerprint density at radius 2 is 1.19 bits per heavy atom. The van der Waals surface area contributed by atoms with Gasteiger partial charge in [0.2, 0.25) is 17.7 Å². The summed E-state index contributed by atoms with van der Waals surface area (Å²) in [6.45, 7) is 2.93. The quantitative estimate of drug-likeness (QED) is 0.150. The van der Waals surface area contributed by atoms with E-state index < -0.39 is 73.1 Å². The molecule has 0 bridgehead atoms. The first kappa shape index (κ1) is 27.8. The lowest BCUT2D eigenvalue weighted by atomic mass is 10.0. The van der Waals surface area contributed by atoms with E-state index in [1.54, 1.807) is 0 Å². The molecule has 0 aliphatic rings. The highest BCUT2D eigenvalue weighted by molar-refractivity contribution is 5.94. The van der Waals surface area contributed by atoms with Gasteiger partial charge in [0, 0.05) is 12.8 Å². The molecule has 0 aromatic rings. The zero-order valence-electron chi connectivity index (χ0n) is 17.4. The van der Waals surface area contributed by atoms with Gasteiger partial charge >= 0.3 is 17.9 Å². The summed E-state index contributed by atoms with van der Waals surface area (Å²) >= 11 is 0. The zero-order chi connectivity index (χ0) is 24.1. The third-order valence-corrected chi connectivity index (χ3v) is 4.04. The molecule has 0 saturated heterocycles. The molecule has 3 unspecified atom stereocenters. The van der Waals surface area contributed by atoms with Crippen LogP contribution in [-0.4, -0.2) is 75.6 Å². The molecule has 0 heterocycles. The summed E-state index contributed by atoms with van der Waals surface area (Å²) in [5.74, 6) is -6.27. The summed E-state index contributed by atoms with van der Waals surface area (Å²) in [6, 6.07) is -3.69. The fourth-order valence-corrected chi connectivity index (χ4v) is 2.53. The Kier molecular flexibility index (Phi) is 12.5. The van der Waals surface area contributed by atoms with Gasteiger partial charge in [0.15, 0.2) is 0 Å². The van der Waals surface area contributed by atoms with Gasteiger partial charge in [0.05, 0.1) is 6.04 Å². The topological polar surface area (TPSA) is 225 Å². The van der Waals surface area contributed by atoms with Crippen molar-refractivity contribution in [2.75, 3.05) is 6.54 Å². The molecule has 3 amide bonds. The highest BCUT2D eigenvalue weighted by Gasteiger charge is 2.29. The van der Waals surface area contributed by atoms with Crippen molar-refractivity contribution < 1.29 is 44.1 Å². The van der Waals surface area contributed by atoms with Crippen molar-refractivity contribution in [2.24, 2.45) is 11.7 Å². The summed E-state index contributed by atoms with van der Waals surface area (Å²) < 4.78 is 0. The number of carboxylic acid groups (broad SMARTS) is 3. The third kappa shape index (κ3) is 12.8. The molecule has 176 valence electrons. The molecule has 0 aliphatic carbocycles. The van der Waals surface area contributed by atoms with E-state index in [1.807, 2.05) is 19.2 Å². The molecule has 0 radical (unpaired) electrons. The second-order valence-corrected chi connectivity index (χ2v) is 7.33. The highest BCUT2D eigenvalue weighted by atomic mass is 16.4. The Morgan fingerprint density at radius 1 is 0.742 bits per heavy atom. The number of amides is 3. The maximum absolute atomic E-state index is 12.6. The third-order valence-electron chi connectivity index (χ3n) is 4.04. The van der Waals surface area contributed by atoms with Crippen LogP contribution in [0, 0.1) is 5.92 Å². The normalized spacial score (nSPS) is 13.5. The lowest BCUT2D eigenvalue weighted by molar-refractivity contribution is -0.140. The van der Waals surface area contributed by atoms with Crippen molar-refractivity contribution in [1.29, 1.82) is 0 Å². The van der Waals surface area contributed by atoms with E-state index in [1.165, 1.54) is 0 Å². The number of nitrogens with one attached hydrogen (secondary N) is 3. The van der Waals surface area contributed by atoms with Crippen LogP contribution in [0.3, 0.4) is 0 Å². The Labute approximate surface area is 178 Å². The Hall–Kier alpha value is -3.22. The molecule has 31 heavy (non-hydrogen) atoms. The Balaban J connectivity index is 5.35. The standard InChI is InChI=1S/C18H30N4O9/c1-9(2)7-10(19)16(29)21-12(4-6-14(25)26)18(31)22-11(3-5-13(23)24)17(30)20-8-15(27)28/h9-12H,3-8,19H2,1-2H3,(H,20,30)(H,21,29)(H,22,31)(H,23,24)(H,25,26)(H,27,28). The average Bonchev–Trinajstić information content (AvgIpc) is 2.64. The van der Waals surface area contributed by atoms with Crippen LogP contribution in [0.1, 0.15) is 46.0 Å². The van der Waals surface area contributed by atoms with Gasteiger partial charge in [0.1, 0.15) is 18.6 Å². The number of hydrogen-bond acceptors (Lipinski definition) is 7.